The van der Waals surface area contributed by atoms with E-state index in [0.29, 0.717) is 17.3 Å². The maximum absolute atomic E-state index is 11.7. The summed E-state index contributed by atoms with van der Waals surface area (Å²) in [6.45, 7) is 2.52. The first-order valence-corrected chi connectivity index (χ1v) is 8.35. The Bertz CT molecular complexity index is 619. The lowest BCUT2D eigenvalue weighted by Gasteiger charge is -2.08. The highest BCUT2D eigenvalue weighted by Crippen LogP contribution is 2.20. The third-order valence-corrected chi connectivity index (χ3v) is 4.37. The number of hydrogen-bond donors (Lipinski definition) is 1. The maximum atomic E-state index is 11.7. The van der Waals surface area contributed by atoms with E-state index in [0.717, 1.165) is 11.3 Å². The molecule has 116 valence electrons. The molecule has 0 radical (unpaired) electrons. The Morgan fingerprint density at radius 3 is 2.73 bits per heavy atom. The highest BCUT2D eigenvalue weighted by molar-refractivity contribution is 7.99. The van der Waals surface area contributed by atoms with Crippen molar-refractivity contribution < 1.29 is 9.53 Å². The molecule has 0 heterocycles. The molecule has 0 saturated heterocycles. The van der Waals surface area contributed by atoms with Crippen molar-refractivity contribution >= 4 is 29.3 Å². The number of aryl methyl sites for hydroxylation is 1. The Kier molecular flexibility index (Phi) is 6.62. The second-order valence-electron chi connectivity index (χ2n) is 4.71. The lowest BCUT2D eigenvalue weighted by Crippen LogP contribution is -2.30. The van der Waals surface area contributed by atoms with E-state index in [2.05, 4.69) is 17.4 Å². The third-order valence-electron chi connectivity index (χ3n) is 2.94. The fraction of sp³-hybridized carbons (Fsp3) is 0.235. The maximum Gasteiger partial charge on any atom is 0.257 e. The number of thioether (sulfide) groups is 1. The van der Waals surface area contributed by atoms with Gasteiger partial charge in [0.1, 0.15) is 5.75 Å². The summed E-state index contributed by atoms with van der Waals surface area (Å²) in [4.78, 5) is 12.9. The van der Waals surface area contributed by atoms with Crippen LogP contribution in [0.1, 0.15) is 5.56 Å². The van der Waals surface area contributed by atoms with E-state index in [1.165, 1.54) is 4.90 Å². The second kappa shape index (κ2) is 8.71. The van der Waals surface area contributed by atoms with Gasteiger partial charge in [0.2, 0.25) is 0 Å². The van der Waals surface area contributed by atoms with Crippen molar-refractivity contribution in [1.29, 1.82) is 0 Å². The average Bonchev–Trinajstić information content (AvgIpc) is 2.54. The summed E-state index contributed by atoms with van der Waals surface area (Å²) < 4.78 is 5.44. The van der Waals surface area contributed by atoms with E-state index in [-0.39, 0.29) is 12.5 Å². The van der Waals surface area contributed by atoms with Crippen molar-refractivity contribution in [3.05, 3.63) is 59.1 Å². The van der Waals surface area contributed by atoms with Crippen LogP contribution >= 0.6 is 23.4 Å². The molecule has 2 aromatic carbocycles. The lowest BCUT2D eigenvalue weighted by atomic mass is 10.2. The van der Waals surface area contributed by atoms with Gasteiger partial charge in [-0.25, -0.2) is 0 Å². The van der Waals surface area contributed by atoms with Gasteiger partial charge in [0, 0.05) is 22.2 Å². The average molecular weight is 336 g/mol. The lowest BCUT2D eigenvalue weighted by molar-refractivity contribution is -0.122. The molecule has 1 amide bonds. The van der Waals surface area contributed by atoms with Gasteiger partial charge in [-0.05, 0) is 42.8 Å². The molecule has 1 N–H and O–H groups in total. The highest BCUT2D eigenvalue weighted by atomic mass is 35.5. The minimum absolute atomic E-state index is 0.0110. The van der Waals surface area contributed by atoms with Gasteiger partial charge < -0.3 is 10.1 Å². The van der Waals surface area contributed by atoms with E-state index >= 15 is 0 Å². The van der Waals surface area contributed by atoms with Gasteiger partial charge in [-0.2, -0.15) is 0 Å². The largest absolute Gasteiger partial charge is 0.484 e. The molecule has 0 fully saturated rings. The van der Waals surface area contributed by atoms with Crippen LogP contribution in [-0.4, -0.2) is 24.8 Å². The van der Waals surface area contributed by atoms with Crippen LogP contribution in [0.25, 0.3) is 0 Å². The second-order valence-corrected chi connectivity index (χ2v) is 6.29. The zero-order valence-electron chi connectivity index (χ0n) is 12.3. The third kappa shape index (κ3) is 5.62. The summed E-state index contributed by atoms with van der Waals surface area (Å²) in [5.41, 5.74) is 0.929. The number of hydrogen-bond acceptors (Lipinski definition) is 3. The summed E-state index contributed by atoms with van der Waals surface area (Å²) in [5.74, 6) is 1.35. The molecule has 0 saturated carbocycles. The number of halogens is 1. The molecule has 0 aliphatic rings. The molecule has 0 bridgehead atoms. The number of amides is 1. The Balaban J connectivity index is 1.64. The SMILES string of the molecule is Cc1cc(OCC(=O)NCCSc2ccccc2)ccc1Cl. The molecular weight excluding hydrogens is 318 g/mol. The zero-order chi connectivity index (χ0) is 15.8. The van der Waals surface area contributed by atoms with Crippen molar-refractivity contribution in [3.63, 3.8) is 0 Å². The molecule has 0 aliphatic carbocycles. The Morgan fingerprint density at radius 2 is 2.00 bits per heavy atom. The number of carbonyl (C=O) groups excluding carboxylic acids is 1. The molecule has 0 aliphatic heterocycles. The van der Waals surface area contributed by atoms with Crippen LogP contribution in [0.2, 0.25) is 5.02 Å². The number of ether oxygens (including phenoxy) is 1. The van der Waals surface area contributed by atoms with Gasteiger partial charge in [-0.3, -0.25) is 4.79 Å². The molecular formula is C17H18ClNO2S. The standard InChI is InChI=1S/C17H18ClNO2S/c1-13-11-14(7-8-16(13)18)21-12-17(20)19-9-10-22-15-5-3-2-4-6-15/h2-8,11H,9-10,12H2,1H3,(H,19,20). The predicted molar refractivity (Wildman–Crippen MR) is 91.9 cm³/mol. The number of benzene rings is 2. The van der Waals surface area contributed by atoms with Crippen LogP contribution in [0, 0.1) is 6.92 Å². The van der Waals surface area contributed by atoms with Crippen LogP contribution in [0.15, 0.2) is 53.4 Å². The van der Waals surface area contributed by atoms with E-state index in [4.69, 9.17) is 16.3 Å². The monoisotopic (exact) mass is 335 g/mol. The predicted octanol–water partition coefficient (Wildman–Crippen LogP) is 3.94. The van der Waals surface area contributed by atoms with Gasteiger partial charge in [-0.15, -0.1) is 11.8 Å². The topological polar surface area (TPSA) is 38.3 Å². The van der Waals surface area contributed by atoms with Gasteiger partial charge in [0.15, 0.2) is 6.61 Å². The van der Waals surface area contributed by atoms with E-state index < -0.39 is 0 Å². The summed E-state index contributed by atoms with van der Waals surface area (Å²) in [5, 5.41) is 3.53. The summed E-state index contributed by atoms with van der Waals surface area (Å²) in [6, 6.07) is 15.4. The van der Waals surface area contributed by atoms with Crippen molar-refractivity contribution in [3.8, 4) is 5.75 Å². The summed E-state index contributed by atoms with van der Waals surface area (Å²) in [6.07, 6.45) is 0. The van der Waals surface area contributed by atoms with Crippen molar-refractivity contribution in [1.82, 2.24) is 5.32 Å². The summed E-state index contributed by atoms with van der Waals surface area (Å²) >= 11 is 7.65. The van der Waals surface area contributed by atoms with Crippen molar-refractivity contribution in [2.75, 3.05) is 18.9 Å². The first kappa shape index (κ1) is 16.7. The number of nitrogens with one attached hydrogen (secondary N) is 1. The highest BCUT2D eigenvalue weighted by Gasteiger charge is 2.04. The van der Waals surface area contributed by atoms with Crippen LogP contribution < -0.4 is 10.1 Å². The molecule has 2 rings (SSSR count). The molecule has 0 spiro atoms. The quantitative estimate of drug-likeness (QED) is 0.615. The summed E-state index contributed by atoms with van der Waals surface area (Å²) in [7, 11) is 0. The molecule has 22 heavy (non-hydrogen) atoms. The van der Waals surface area contributed by atoms with Crippen LogP contribution in [0.5, 0.6) is 5.75 Å². The minimum Gasteiger partial charge on any atom is -0.484 e. The fourth-order valence-electron chi connectivity index (χ4n) is 1.78. The van der Waals surface area contributed by atoms with Crippen molar-refractivity contribution in [2.45, 2.75) is 11.8 Å². The van der Waals surface area contributed by atoms with E-state index in [9.17, 15) is 4.79 Å². The Morgan fingerprint density at radius 1 is 1.23 bits per heavy atom. The minimum atomic E-state index is -0.124. The van der Waals surface area contributed by atoms with Gasteiger partial charge in [0.25, 0.3) is 5.91 Å². The van der Waals surface area contributed by atoms with E-state index in [1.807, 2.05) is 31.2 Å². The molecule has 0 aromatic heterocycles. The zero-order valence-corrected chi connectivity index (χ0v) is 13.9. The Hall–Kier alpha value is -1.65. The van der Waals surface area contributed by atoms with Crippen LogP contribution in [0.4, 0.5) is 0 Å². The fourth-order valence-corrected chi connectivity index (χ4v) is 2.69. The molecule has 2 aromatic rings. The van der Waals surface area contributed by atoms with Gasteiger partial charge >= 0.3 is 0 Å². The van der Waals surface area contributed by atoms with Crippen molar-refractivity contribution in [2.24, 2.45) is 0 Å². The van der Waals surface area contributed by atoms with Crippen LogP contribution in [0.3, 0.4) is 0 Å². The number of rotatable bonds is 7. The molecule has 0 atom stereocenters. The molecule has 3 nitrogen and oxygen atoms in total. The number of carbonyl (C=O) groups is 1. The van der Waals surface area contributed by atoms with Crippen LogP contribution in [-0.2, 0) is 4.79 Å². The first-order chi connectivity index (χ1) is 10.6. The molecule has 0 unspecified atom stereocenters. The van der Waals surface area contributed by atoms with Gasteiger partial charge in [-0.1, -0.05) is 29.8 Å². The molecule has 5 heteroatoms. The van der Waals surface area contributed by atoms with E-state index in [1.54, 1.807) is 23.9 Å². The first-order valence-electron chi connectivity index (χ1n) is 6.98. The van der Waals surface area contributed by atoms with Gasteiger partial charge in [0.05, 0.1) is 0 Å². The normalized spacial score (nSPS) is 10.3. The Labute approximate surface area is 140 Å². The smallest absolute Gasteiger partial charge is 0.257 e.